The number of halogens is 1. The van der Waals surface area contributed by atoms with Crippen molar-refractivity contribution >= 4 is 22.5 Å². The van der Waals surface area contributed by atoms with Crippen LogP contribution >= 0.6 is 11.6 Å². The normalized spacial score (nSPS) is 23.4. The van der Waals surface area contributed by atoms with E-state index in [0.29, 0.717) is 0 Å². The summed E-state index contributed by atoms with van der Waals surface area (Å²) in [4.78, 5) is 6.29. The van der Waals surface area contributed by atoms with E-state index >= 15 is 0 Å². The molecule has 2 aliphatic rings. The number of hydrogen-bond acceptors (Lipinski definition) is 1. The van der Waals surface area contributed by atoms with Crippen molar-refractivity contribution in [2.45, 2.75) is 25.4 Å². The molecule has 2 nitrogen and oxygen atoms in total. The van der Waals surface area contributed by atoms with Gasteiger partial charge in [0.25, 0.3) is 0 Å². The van der Waals surface area contributed by atoms with Crippen LogP contribution < -0.4 is 0 Å². The number of aromatic amines is 1. The summed E-state index contributed by atoms with van der Waals surface area (Å²) < 4.78 is 0. The van der Waals surface area contributed by atoms with Crippen LogP contribution in [0.1, 0.15) is 29.3 Å². The summed E-state index contributed by atoms with van der Waals surface area (Å²) in [7, 11) is 0. The standard InChI is InChI=1S/C19H17ClN2/c1-19-16-5-3-2-4-12(16)11-22(19)9-8-14-15-10-13(20)6-7-17(15)21-18(14)19/h2-7,10,21H,8-9,11H2,1H3. The van der Waals surface area contributed by atoms with E-state index in [4.69, 9.17) is 11.6 Å². The monoisotopic (exact) mass is 308 g/mol. The molecule has 3 aromatic rings. The fourth-order valence-corrected chi connectivity index (χ4v) is 4.58. The minimum absolute atomic E-state index is 0.0460. The Labute approximate surface area is 134 Å². The van der Waals surface area contributed by atoms with Crippen LogP contribution in [0.15, 0.2) is 42.5 Å². The molecule has 0 aliphatic carbocycles. The predicted octanol–water partition coefficient (Wildman–Crippen LogP) is 4.46. The van der Waals surface area contributed by atoms with E-state index < -0.39 is 0 Å². The van der Waals surface area contributed by atoms with Crippen LogP contribution in [0.4, 0.5) is 0 Å². The van der Waals surface area contributed by atoms with Gasteiger partial charge in [-0.3, -0.25) is 4.90 Å². The summed E-state index contributed by atoms with van der Waals surface area (Å²) in [5, 5.41) is 2.10. The minimum atomic E-state index is -0.0460. The summed E-state index contributed by atoms with van der Waals surface area (Å²) >= 11 is 6.22. The van der Waals surface area contributed by atoms with E-state index in [0.717, 1.165) is 24.5 Å². The van der Waals surface area contributed by atoms with Crippen molar-refractivity contribution < 1.29 is 0 Å². The molecule has 0 amide bonds. The van der Waals surface area contributed by atoms with Gasteiger partial charge in [-0.25, -0.2) is 0 Å². The number of fused-ring (bicyclic) bond motifs is 7. The first kappa shape index (κ1) is 12.7. The molecule has 5 rings (SSSR count). The van der Waals surface area contributed by atoms with Crippen LogP contribution in [0.2, 0.25) is 5.02 Å². The molecule has 0 bridgehead atoms. The van der Waals surface area contributed by atoms with Gasteiger partial charge in [-0.15, -0.1) is 0 Å². The SMILES string of the molecule is CC12c3ccccc3CN1CCc1c2[nH]c2ccc(Cl)cc12. The number of nitrogens with one attached hydrogen (secondary N) is 1. The topological polar surface area (TPSA) is 19.0 Å². The van der Waals surface area contributed by atoms with Gasteiger partial charge in [0.2, 0.25) is 0 Å². The number of H-pyrrole nitrogens is 1. The fourth-order valence-electron chi connectivity index (χ4n) is 4.40. The van der Waals surface area contributed by atoms with Crippen molar-refractivity contribution in [2.24, 2.45) is 0 Å². The molecule has 1 unspecified atom stereocenters. The lowest BCUT2D eigenvalue weighted by molar-refractivity contribution is 0.141. The molecule has 0 saturated carbocycles. The van der Waals surface area contributed by atoms with E-state index in [-0.39, 0.29) is 5.54 Å². The molecule has 0 radical (unpaired) electrons. The summed E-state index contributed by atoms with van der Waals surface area (Å²) in [6.45, 7) is 4.49. The Balaban J connectivity index is 1.83. The first-order chi connectivity index (χ1) is 10.7. The van der Waals surface area contributed by atoms with Gasteiger partial charge in [0.1, 0.15) is 0 Å². The van der Waals surface area contributed by atoms with E-state index in [1.807, 2.05) is 6.07 Å². The number of nitrogens with zero attached hydrogens (tertiary/aromatic N) is 1. The van der Waals surface area contributed by atoms with Crippen LogP contribution in [0.25, 0.3) is 10.9 Å². The Morgan fingerprint density at radius 3 is 2.95 bits per heavy atom. The quantitative estimate of drug-likeness (QED) is 0.650. The van der Waals surface area contributed by atoms with Crippen LogP contribution in [0.3, 0.4) is 0 Å². The summed E-state index contributed by atoms with van der Waals surface area (Å²) in [6.07, 6.45) is 1.08. The van der Waals surface area contributed by atoms with E-state index in [1.54, 1.807) is 0 Å². The zero-order valence-electron chi connectivity index (χ0n) is 12.5. The number of hydrogen-bond donors (Lipinski definition) is 1. The molecular weight excluding hydrogens is 292 g/mol. The van der Waals surface area contributed by atoms with Crippen molar-refractivity contribution in [1.82, 2.24) is 9.88 Å². The molecule has 3 heteroatoms. The molecule has 0 saturated heterocycles. The van der Waals surface area contributed by atoms with Gasteiger partial charge in [0.05, 0.1) is 5.54 Å². The largest absolute Gasteiger partial charge is 0.356 e. The maximum absolute atomic E-state index is 6.22. The zero-order valence-corrected chi connectivity index (χ0v) is 13.2. The van der Waals surface area contributed by atoms with Crippen LogP contribution in [-0.4, -0.2) is 16.4 Å². The average Bonchev–Trinajstić information content (AvgIpc) is 3.03. The van der Waals surface area contributed by atoms with Gasteiger partial charge in [-0.05, 0) is 48.2 Å². The Kier molecular flexibility index (Phi) is 2.41. The highest BCUT2D eigenvalue weighted by molar-refractivity contribution is 6.31. The fraction of sp³-hybridized carbons (Fsp3) is 0.263. The highest BCUT2D eigenvalue weighted by Crippen LogP contribution is 2.48. The van der Waals surface area contributed by atoms with Crippen LogP contribution in [0.5, 0.6) is 0 Å². The highest BCUT2D eigenvalue weighted by Gasteiger charge is 2.47. The molecular formula is C19H17ClN2. The third-order valence-corrected chi connectivity index (χ3v) is 5.76. The third kappa shape index (κ3) is 1.44. The van der Waals surface area contributed by atoms with Crippen LogP contribution in [0, 0.1) is 0 Å². The lowest BCUT2D eigenvalue weighted by atomic mass is 9.83. The summed E-state index contributed by atoms with van der Waals surface area (Å²) in [5.41, 5.74) is 6.83. The lowest BCUT2D eigenvalue weighted by Crippen LogP contribution is -2.44. The van der Waals surface area contributed by atoms with Gasteiger partial charge in [0, 0.05) is 34.7 Å². The van der Waals surface area contributed by atoms with Crippen molar-refractivity contribution in [3.63, 3.8) is 0 Å². The summed E-state index contributed by atoms with van der Waals surface area (Å²) in [6, 6.07) is 15.0. The predicted molar refractivity (Wildman–Crippen MR) is 90.3 cm³/mol. The Bertz CT molecular complexity index is 911. The van der Waals surface area contributed by atoms with E-state index in [9.17, 15) is 0 Å². The molecule has 0 spiro atoms. The average molecular weight is 309 g/mol. The Morgan fingerprint density at radius 2 is 2.05 bits per heavy atom. The smallest absolute Gasteiger partial charge is 0.0847 e. The molecule has 1 N–H and O–H groups in total. The minimum Gasteiger partial charge on any atom is -0.356 e. The van der Waals surface area contributed by atoms with Gasteiger partial charge in [-0.1, -0.05) is 35.9 Å². The second kappa shape index (κ2) is 4.15. The first-order valence-electron chi connectivity index (χ1n) is 7.82. The van der Waals surface area contributed by atoms with Gasteiger partial charge in [-0.2, -0.15) is 0 Å². The van der Waals surface area contributed by atoms with Crippen molar-refractivity contribution in [1.29, 1.82) is 0 Å². The molecule has 2 aliphatic heterocycles. The van der Waals surface area contributed by atoms with Crippen molar-refractivity contribution in [2.75, 3.05) is 6.54 Å². The second-order valence-corrected chi connectivity index (χ2v) is 7.01. The van der Waals surface area contributed by atoms with Crippen molar-refractivity contribution in [3.05, 3.63) is 69.9 Å². The number of rotatable bonds is 0. The van der Waals surface area contributed by atoms with Gasteiger partial charge < -0.3 is 4.98 Å². The highest BCUT2D eigenvalue weighted by atomic mass is 35.5. The number of benzene rings is 2. The van der Waals surface area contributed by atoms with Crippen LogP contribution in [-0.2, 0) is 18.5 Å². The Hall–Kier alpha value is -1.77. The van der Waals surface area contributed by atoms with Gasteiger partial charge >= 0.3 is 0 Å². The van der Waals surface area contributed by atoms with E-state index in [1.165, 1.54) is 33.3 Å². The maximum Gasteiger partial charge on any atom is 0.0847 e. The molecule has 1 aromatic heterocycles. The lowest BCUT2D eigenvalue weighted by Gasteiger charge is -2.40. The second-order valence-electron chi connectivity index (χ2n) is 6.57. The molecule has 110 valence electrons. The van der Waals surface area contributed by atoms with E-state index in [2.05, 4.69) is 53.2 Å². The number of aromatic nitrogens is 1. The molecule has 1 atom stereocenters. The molecule has 2 aromatic carbocycles. The summed E-state index contributed by atoms with van der Waals surface area (Å²) in [5.74, 6) is 0. The first-order valence-corrected chi connectivity index (χ1v) is 8.20. The van der Waals surface area contributed by atoms with Crippen molar-refractivity contribution in [3.8, 4) is 0 Å². The Morgan fingerprint density at radius 1 is 1.18 bits per heavy atom. The maximum atomic E-state index is 6.22. The zero-order chi connectivity index (χ0) is 14.9. The van der Waals surface area contributed by atoms with Gasteiger partial charge in [0.15, 0.2) is 0 Å². The molecule has 3 heterocycles. The third-order valence-electron chi connectivity index (χ3n) is 5.52. The molecule has 22 heavy (non-hydrogen) atoms. The molecule has 0 fully saturated rings.